The van der Waals surface area contributed by atoms with Crippen LogP contribution in [0.3, 0.4) is 0 Å². The number of benzene rings is 2. The fourth-order valence-corrected chi connectivity index (χ4v) is 1.89. The molecule has 0 aromatic heterocycles. The summed E-state index contributed by atoms with van der Waals surface area (Å²) in [6.07, 6.45) is 0.484. The van der Waals surface area contributed by atoms with Crippen molar-refractivity contribution in [1.29, 1.82) is 0 Å². The van der Waals surface area contributed by atoms with Gasteiger partial charge in [0.1, 0.15) is 0 Å². The predicted molar refractivity (Wildman–Crippen MR) is 63.6 cm³/mol. The van der Waals surface area contributed by atoms with Crippen LogP contribution in [-0.2, 0) is 0 Å². The topological polar surface area (TPSA) is 17.1 Å². The largest absolute Gasteiger partial charge is 0.294 e. The monoisotopic (exact) mass is 218 g/mol. The first kappa shape index (κ1) is 10.2. The second-order valence-electron chi connectivity index (χ2n) is 3.46. The van der Waals surface area contributed by atoms with Gasteiger partial charge >= 0.3 is 0 Å². The molecule has 0 aliphatic heterocycles. The molecule has 0 amide bonds. The summed E-state index contributed by atoms with van der Waals surface area (Å²) in [6, 6.07) is 11.6. The highest BCUT2D eigenvalue weighted by Crippen LogP contribution is 2.24. The Balaban J connectivity index is 2.67. The molecule has 2 heteroatoms. The lowest BCUT2D eigenvalue weighted by molar-refractivity contribution is 0.0988. The van der Waals surface area contributed by atoms with Crippen molar-refractivity contribution < 1.29 is 4.79 Å². The van der Waals surface area contributed by atoms with E-state index in [1.165, 1.54) is 0 Å². The minimum atomic E-state index is 0.0887. The van der Waals surface area contributed by atoms with E-state index in [1.54, 1.807) is 0 Å². The second kappa shape index (κ2) is 4.03. The van der Waals surface area contributed by atoms with Gasteiger partial charge in [-0.2, -0.15) is 0 Å². The molecule has 0 fully saturated rings. The smallest absolute Gasteiger partial charge is 0.164 e. The first-order valence-electron chi connectivity index (χ1n) is 4.94. The van der Waals surface area contributed by atoms with E-state index in [9.17, 15) is 4.79 Å². The first-order chi connectivity index (χ1) is 7.22. The van der Waals surface area contributed by atoms with Gasteiger partial charge in [-0.1, -0.05) is 42.8 Å². The fourth-order valence-electron chi connectivity index (χ4n) is 1.62. The molecule has 15 heavy (non-hydrogen) atoms. The molecule has 0 spiro atoms. The fraction of sp³-hybridized carbons (Fsp3) is 0.154. The van der Waals surface area contributed by atoms with Crippen LogP contribution in [-0.4, -0.2) is 5.78 Å². The van der Waals surface area contributed by atoms with Gasteiger partial charge in [0.15, 0.2) is 5.78 Å². The number of ketones is 1. The van der Waals surface area contributed by atoms with E-state index in [0.717, 1.165) is 10.8 Å². The summed E-state index contributed by atoms with van der Waals surface area (Å²) in [7, 11) is 0. The molecule has 1 nitrogen and oxygen atoms in total. The molecule has 0 bridgehead atoms. The molecule has 0 unspecified atom stereocenters. The Bertz CT molecular complexity index is 517. The van der Waals surface area contributed by atoms with Crippen LogP contribution in [0.5, 0.6) is 0 Å². The molecule has 0 heterocycles. The van der Waals surface area contributed by atoms with Gasteiger partial charge < -0.3 is 0 Å². The molecule has 0 N–H and O–H groups in total. The number of halogens is 1. The Morgan fingerprint density at radius 3 is 2.40 bits per heavy atom. The zero-order chi connectivity index (χ0) is 10.8. The van der Waals surface area contributed by atoms with Crippen LogP contribution in [0.1, 0.15) is 23.7 Å². The molecule has 2 rings (SSSR count). The van der Waals surface area contributed by atoms with Crippen LogP contribution in [0.15, 0.2) is 36.4 Å². The Morgan fingerprint density at radius 1 is 1.20 bits per heavy atom. The third-order valence-electron chi connectivity index (χ3n) is 2.46. The van der Waals surface area contributed by atoms with Gasteiger partial charge in [-0.15, -0.1) is 0 Å². The van der Waals surface area contributed by atoms with Crippen molar-refractivity contribution in [2.45, 2.75) is 13.3 Å². The summed E-state index contributed by atoms with van der Waals surface area (Å²) < 4.78 is 0. The molecule has 2 aromatic rings. The summed E-state index contributed by atoms with van der Waals surface area (Å²) in [5.74, 6) is 0.0887. The van der Waals surface area contributed by atoms with Gasteiger partial charge in [-0.3, -0.25) is 4.79 Å². The van der Waals surface area contributed by atoms with Gasteiger partial charge in [-0.25, -0.2) is 0 Å². The van der Waals surface area contributed by atoms with Crippen LogP contribution in [0.2, 0.25) is 5.02 Å². The van der Waals surface area contributed by atoms with Crippen LogP contribution < -0.4 is 0 Å². The lowest BCUT2D eigenvalue weighted by Gasteiger charge is -2.04. The molecule has 0 radical (unpaired) electrons. The number of carbonyl (C=O) groups is 1. The summed E-state index contributed by atoms with van der Waals surface area (Å²) in [5, 5.41) is 2.66. The van der Waals surface area contributed by atoms with Gasteiger partial charge in [0, 0.05) is 12.0 Å². The number of rotatable bonds is 2. The summed E-state index contributed by atoms with van der Waals surface area (Å²) in [6.45, 7) is 1.84. The molecule has 0 atom stereocenters. The average molecular weight is 219 g/mol. The maximum atomic E-state index is 11.6. The number of carbonyl (C=O) groups excluding carboxylic acids is 1. The lowest BCUT2D eigenvalue weighted by Crippen LogP contribution is -1.97. The van der Waals surface area contributed by atoms with Crippen LogP contribution in [0.4, 0.5) is 0 Å². The minimum absolute atomic E-state index is 0.0887. The average Bonchev–Trinajstić information content (AvgIpc) is 2.27. The maximum Gasteiger partial charge on any atom is 0.164 e. The third-order valence-corrected chi connectivity index (χ3v) is 2.77. The van der Waals surface area contributed by atoms with Crippen molar-refractivity contribution in [3.63, 3.8) is 0 Å². The van der Waals surface area contributed by atoms with E-state index >= 15 is 0 Å². The van der Waals surface area contributed by atoms with Crippen molar-refractivity contribution in [1.82, 2.24) is 0 Å². The van der Waals surface area contributed by atoms with Gasteiger partial charge in [0.25, 0.3) is 0 Å². The number of Topliss-reactive ketones (excluding diaryl/α,β-unsaturated/α-hetero) is 1. The van der Waals surface area contributed by atoms with E-state index < -0.39 is 0 Å². The number of fused-ring (bicyclic) bond motifs is 1. The third kappa shape index (κ3) is 1.88. The van der Waals surface area contributed by atoms with Crippen LogP contribution >= 0.6 is 11.6 Å². The number of hydrogen-bond acceptors (Lipinski definition) is 1. The first-order valence-corrected chi connectivity index (χ1v) is 5.31. The summed E-state index contributed by atoms with van der Waals surface area (Å²) in [4.78, 5) is 11.6. The molecular weight excluding hydrogens is 208 g/mol. The standard InChI is InChI=1S/C13H11ClO/c1-2-13(15)11-7-9-5-3-4-6-10(9)8-12(11)14/h3-8H,2H2,1H3. The molecule has 0 saturated carbocycles. The minimum Gasteiger partial charge on any atom is -0.294 e. The molecule has 2 aromatic carbocycles. The van der Waals surface area contributed by atoms with Crippen molar-refractivity contribution in [2.24, 2.45) is 0 Å². The molecular formula is C13H11ClO. The highest BCUT2D eigenvalue weighted by molar-refractivity contribution is 6.34. The SMILES string of the molecule is CCC(=O)c1cc2ccccc2cc1Cl. The zero-order valence-electron chi connectivity index (χ0n) is 8.46. The van der Waals surface area contributed by atoms with Crippen molar-refractivity contribution in [3.05, 3.63) is 47.0 Å². The summed E-state index contributed by atoms with van der Waals surface area (Å²) >= 11 is 6.06. The van der Waals surface area contributed by atoms with Crippen molar-refractivity contribution in [2.75, 3.05) is 0 Å². The maximum absolute atomic E-state index is 11.6. The van der Waals surface area contributed by atoms with E-state index in [4.69, 9.17) is 11.6 Å². The molecule has 0 saturated heterocycles. The molecule has 0 aliphatic carbocycles. The van der Waals surface area contributed by atoms with E-state index in [1.807, 2.05) is 43.3 Å². The van der Waals surface area contributed by atoms with Crippen LogP contribution in [0, 0.1) is 0 Å². The zero-order valence-corrected chi connectivity index (χ0v) is 9.21. The quantitative estimate of drug-likeness (QED) is 0.694. The summed E-state index contributed by atoms with van der Waals surface area (Å²) in [5.41, 5.74) is 0.623. The Labute approximate surface area is 93.7 Å². The van der Waals surface area contributed by atoms with Gasteiger partial charge in [-0.05, 0) is 22.9 Å². The number of hydrogen-bond donors (Lipinski definition) is 0. The Kier molecular flexibility index (Phi) is 2.74. The van der Waals surface area contributed by atoms with Gasteiger partial charge in [0.2, 0.25) is 0 Å². The van der Waals surface area contributed by atoms with Crippen molar-refractivity contribution >= 4 is 28.2 Å². The van der Waals surface area contributed by atoms with E-state index in [-0.39, 0.29) is 5.78 Å². The van der Waals surface area contributed by atoms with E-state index in [0.29, 0.717) is 17.0 Å². The highest BCUT2D eigenvalue weighted by atomic mass is 35.5. The normalized spacial score (nSPS) is 10.5. The Hall–Kier alpha value is -1.34. The lowest BCUT2D eigenvalue weighted by atomic mass is 10.0. The Morgan fingerprint density at radius 2 is 1.80 bits per heavy atom. The van der Waals surface area contributed by atoms with Gasteiger partial charge in [0.05, 0.1) is 5.02 Å². The molecule has 0 aliphatic rings. The highest BCUT2D eigenvalue weighted by Gasteiger charge is 2.09. The predicted octanol–water partition coefficient (Wildman–Crippen LogP) is 4.09. The molecule has 76 valence electrons. The van der Waals surface area contributed by atoms with E-state index in [2.05, 4.69) is 0 Å². The van der Waals surface area contributed by atoms with Crippen molar-refractivity contribution in [3.8, 4) is 0 Å². The van der Waals surface area contributed by atoms with Crippen LogP contribution in [0.25, 0.3) is 10.8 Å². The second-order valence-corrected chi connectivity index (χ2v) is 3.86.